The SMILES string of the molecule is O=C(C[C@]1(c2ccc(-c3cccc(COC(=O)Oc4ccccc4)c3)s2)CCCCS1(=O)=O)NOC1CCCCO1. The van der Waals surface area contributed by atoms with Crippen LogP contribution in [0.15, 0.2) is 66.7 Å². The third kappa shape index (κ3) is 7.16. The lowest BCUT2D eigenvalue weighted by atomic mass is 9.94. The average molecular weight is 600 g/mol. The van der Waals surface area contributed by atoms with Crippen molar-refractivity contribution >= 4 is 33.2 Å². The summed E-state index contributed by atoms with van der Waals surface area (Å²) in [4.78, 5) is 32.0. The normalized spacial score (nSPS) is 22.0. The number of rotatable bonds is 9. The smallest absolute Gasteiger partial charge is 0.429 e. The molecule has 218 valence electrons. The predicted molar refractivity (Wildman–Crippen MR) is 154 cm³/mol. The van der Waals surface area contributed by atoms with Gasteiger partial charge >= 0.3 is 6.16 Å². The first-order valence-corrected chi connectivity index (χ1v) is 16.2. The Morgan fingerprint density at radius 3 is 2.63 bits per heavy atom. The van der Waals surface area contributed by atoms with Gasteiger partial charge in [0.25, 0.3) is 0 Å². The molecular formula is C30H33NO8S2. The summed E-state index contributed by atoms with van der Waals surface area (Å²) in [6.45, 7) is 0.586. The molecule has 1 unspecified atom stereocenters. The van der Waals surface area contributed by atoms with Crippen LogP contribution in [0.5, 0.6) is 5.75 Å². The highest BCUT2D eigenvalue weighted by atomic mass is 32.2. The number of hydroxylamine groups is 1. The number of carbonyl (C=O) groups is 2. The van der Waals surface area contributed by atoms with Crippen molar-refractivity contribution in [3.05, 3.63) is 77.2 Å². The molecule has 0 aliphatic carbocycles. The molecule has 2 aliphatic heterocycles. The van der Waals surface area contributed by atoms with Crippen molar-refractivity contribution in [1.29, 1.82) is 0 Å². The zero-order valence-corrected chi connectivity index (χ0v) is 24.2. The van der Waals surface area contributed by atoms with E-state index in [4.69, 9.17) is 19.0 Å². The molecule has 0 bridgehead atoms. The van der Waals surface area contributed by atoms with Crippen molar-refractivity contribution < 1.29 is 37.1 Å². The molecule has 1 aromatic heterocycles. The van der Waals surface area contributed by atoms with Crippen molar-refractivity contribution in [2.45, 2.75) is 62.6 Å². The molecule has 2 atom stereocenters. The van der Waals surface area contributed by atoms with Crippen molar-refractivity contribution in [3.63, 3.8) is 0 Å². The van der Waals surface area contributed by atoms with Gasteiger partial charge in [0, 0.05) is 22.8 Å². The van der Waals surface area contributed by atoms with Gasteiger partial charge in [-0.2, -0.15) is 0 Å². The lowest BCUT2D eigenvalue weighted by molar-refractivity contribution is -0.200. The van der Waals surface area contributed by atoms with Gasteiger partial charge in [-0.1, -0.05) is 42.8 Å². The Labute approximate surface area is 243 Å². The van der Waals surface area contributed by atoms with Gasteiger partial charge in [-0.15, -0.1) is 11.3 Å². The number of para-hydroxylation sites is 1. The molecule has 2 aliphatic rings. The summed E-state index contributed by atoms with van der Waals surface area (Å²) in [5.74, 6) is -0.0564. The Morgan fingerprint density at radius 2 is 1.85 bits per heavy atom. The van der Waals surface area contributed by atoms with E-state index in [1.165, 1.54) is 11.3 Å². The quantitative estimate of drug-likeness (QED) is 0.184. The highest BCUT2D eigenvalue weighted by Gasteiger charge is 2.49. The van der Waals surface area contributed by atoms with Crippen LogP contribution in [0.2, 0.25) is 0 Å². The summed E-state index contributed by atoms with van der Waals surface area (Å²) in [5.41, 5.74) is 4.05. The molecule has 5 rings (SSSR count). The number of nitrogens with one attached hydrogen (secondary N) is 1. The maximum absolute atomic E-state index is 13.5. The average Bonchev–Trinajstić information content (AvgIpc) is 3.48. The van der Waals surface area contributed by atoms with Gasteiger partial charge in [0.2, 0.25) is 5.91 Å². The molecule has 41 heavy (non-hydrogen) atoms. The van der Waals surface area contributed by atoms with Crippen LogP contribution in [-0.2, 0) is 40.3 Å². The molecule has 2 fully saturated rings. The van der Waals surface area contributed by atoms with E-state index in [1.807, 2.05) is 42.5 Å². The first-order chi connectivity index (χ1) is 19.8. The Morgan fingerprint density at radius 1 is 1.00 bits per heavy atom. The van der Waals surface area contributed by atoms with E-state index in [2.05, 4.69) is 5.48 Å². The molecule has 3 aromatic rings. The highest BCUT2D eigenvalue weighted by molar-refractivity contribution is 7.92. The number of thiophene rings is 1. The van der Waals surface area contributed by atoms with Gasteiger partial charge < -0.3 is 14.2 Å². The molecule has 1 amide bonds. The second kappa shape index (κ2) is 13.2. The lowest BCUT2D eigenvalue weighted by Crippen LogP contribution is -2.45. The minimum absolute atomic E-state index is 0.0148. The first-order valence-electron chi connectivity index (χ1n) is 13.7. The standard InChI is InChI=1S/C30H33NO8S2/c32-27(31-39-28-13-4-6-17-36-28)20-30(16-5-7-18-41(30,34)35)26-15-14-25(40-26)23-10-8-9-22(19-23)21-37-29(33)38-24-11-2-1-3-12-24/h1-3,8-12,14-15,19,28H,4-7,13,16-18,20-21H2,(H,31,32)/t28?,30-/m0/s1. The maximum Gasteiger partial charge on any atom is 0.514 e. The molecule has 0 radical (unpaired) electrons. The number of sulfone groups is 1. The van der Waals surface area contributed by atoms with Crippen LogP contribution in [0.4, 0.5) is 4.79 Å². The second-order valence-corrected chi connectivity index (χ2v) is 13.7. The number of hydrogen-bond acceptors (Lipinski definition) is 9. The summed E-state index contributed by atoms with van der Waals surface area (Å²) in [6.07, 6.45) is 2.67. The van der Waals surface area contributed by atoms with E-state index < -0.39 is 32.9 Å². The number of hydrogen-bond donors (Lipinski definition) is 1. The first kappa shape index (κ1) is 29.2. The van der Waals surface area contributed by atoms with Crippen LogP contribution in [0.3, 0.4) is 0 Å². The Balaban J connectivity index is 1.29. The summed E-state index contributed by atoms with van der Waals surface area (Å²) in [7, 11) is -3.61. The van der Waals surface area contributed by atoms with Crippen LogP contribution in [0.1, 0.15) is 55.4 Å². The van der Waals surface area contributed by atoms with Gasteiger partial charge in [-0.25, -0.2) is 23.5 Å². The Hall–Kier alpha value is -3.25. The number of carbonyl (C=O) groups excluding carboxylic acids is 2. The van der Waals surface area contributed by atoms with E-state index in [0.29, 0.717) is 42.9 Å². The van der Waals surface area contributed by atoms with Gasteiger partial charge in [-0.3, -0.25) is 4.79 Å². The van der Waals surface area contributed by atoms with Crippen LogP contribution < -0.4 is 10.2 Å². The number of amides is 1. The second-order valence-electron chi connectivity index (χ2n) is 10.2. The minimum atomic E-state index is -3.61. The van der Waals surface area contributed by atoms with E-state index in [-0.39, 0.29) is 18.8 Å². The van der Waals surface area contributed by atoms with Crippen molar-refractivity contribution in [2.75, 3.05) is 12.4 Å². The van der Waals surface area contributed by atoms with Crippen molar-refractivity contribution in [1.82, 2.24) is 5.48 Å². The summed E-state index contributed by atoms with van der Waals surface area (Å²) >= 11 is 1.36. The van der Waals surface area contributed by atoms with Gasteiger partial charge in [0.15, 0.2) is 16.1 Å². The number of ether oxygens (including phenoxy) is 3. The maximum atomic E-state index is 13.5. The predicted octanol–water partition coefficient (Wildman–Crippen LogP) is 5.89. The Bertz CT molecular complexity index is 1450. The van der Waals surface area contributed by atoms with Crippen LogP contribution in [-0.4, -0.2) is 39.1 Å². The largest absolute Gasteiger partial charge is 0.514 e. The molecule has 0 saturated carbocycles. The van der Waals surface area contributed by atoms with Gasteiger partial charge in [-0.05, 0) is 67.1 Å². The van der Waals surface area contributed by atoms with Gasteiger partial charge in [0.05, 0.1) is 12.2 Å². The third-order valence-electron chi connectivity index (χ3n) is 7.29. The molecule has 0 spiro atoms. The zero-order chi connectivity index (χ0) is 28.7. The van der Waals surface area contributed by atoms with E-state index in [0.717, 1.165) is 28.8 Å². The molecule has 9 nitrogen and oxygen atoms in total. The van der Waals surface area contributed by atoms with Crippen LogP contribution >= 0.6 is 11.3 Å². The topological polar surface area (TPSA) is 117 Å². The van der Waals surface area contributed by atoms with Crippen molar-refractivity contribution in [2.24, 2.45) is 0 Å². The third-order valence-corrected chi connectivity index (χ3v) is 11.3. The van der Waals surface area contributed by atoms with Crippen LogP contribution in [0, 0.1) is 0 Å². The highest BCUT2D eigenvalue weighted by Crippen LogP contribution is 2.47. The molecular weight excluding hydrogens is 566 g/mol. The van der Waals surface area contributed by atoms with E-state index in [1.54, 1.807) is 24.3 Å². The molecule has 1 N–H and O–H groups in total. The lowest BCUT2D eigenvalue weighted by Gasteiger charge is -2.35. The fraction of sp³-hybridized carbons (Fsp3) is 0.400. The monoisotopic (exact) mass is 599 g/mol. The van der Waals surface area contributed by atoms with Gasteiger partial charge in [0.1, 0.15) is 17.1 Å². The summed E-state index contributed by atoms with van der Waals surface area (Å²) < 4.78 is 41.7. The Kier molecular flexibility index (Phi) is 9.39. The summed E-state index contributed by atoms with van der Waals surface area (Å²) in [5, 5.41) is 0. The number of benzene rings is 2. The molecule has 11 heteroatoms. The molecule has 3 heterocycles. The summed E-state index contributed by atoms with van der Waals surface area (Å²) in [6, 6.07) is 19.8. The fourth-order valence-electron chi connectivity index (χ4n) is 5.16. The molecule has 2 saturated heterocycles. The molecule has 2 aromatic carbocycles. The van der Waals surface area contributed by atoms with Crippen LogP contribution in [0.25, 0.3) is 10.4 Å². The fourth-order valence-corrected chi connectivity index (χ4v) is 8.93. The minimum Gasteiger partial charge on any atom is -0.429 e. The zero-order valence-electron chi connectivity index (χ0n) is 22.6. The van der Waals surface area contributed by atoms with E-state index >= 15 is 0 Å². The van der Waals surface area contributed by atoms with E-state index in [9.17, 15) is 18.0 Å². The van der Waals surface area contributed by atoms with Crippen molar-refractivity contribution in [3.8, 4) is 16.2 Å².